The van der Waals surface area contributed by atoms with E-state index in [1.165, 1.54) is 46.2 Å². The number of methoxy groups -OCH3 is 2. The number of amides is 1. The van der Waals surface area contributed by atoms with E-state index < -0.39 is 101 Å². The van der Waals surface area contributed by atoms with Gasteiger partial charge in [-0.05, 0) is 20.3 Å². The predicted molar refractivity (Wildman–Crippen MR) is 272 cm³/mol. The largest absolute Gasteiger partial charge is 0.472 e. The maximum Gasteiger partial charge on any atom is 0.472 e. The van der Waals surface area contributed by atoms with E-state index in [-0.39, 0.29) is 58.1 Å². The Hall–Kier alpha value is -2.56. The predicted octanol–water partition coefficient (Wildman–Crippen LogP) is 4.13. The third-order valence-electron chi connectivity index (χ3n) is 11.8. The molecule has 72 heavy (non-hydrogen) atoms. The normalized spacial score (nSPS) is 28.8. The number of nitrogen functional groups attached to an aromatic ring is 1. The van der Waals surface area contributed by atoms with Gasteiger partial charge in [-0.1, -0.05) is 57.7 Å². The van der Waals surface area contributed by atoms with Gasteiger partial charge in [-0.3, -0.25) is 32.9 Å². The fraction of sp³-hybridized carbons (Fsp3) is 0.732. The fourth-order valence-corrected chi connectivity index (χ4v) is 11.2. The van der Waals surface area contributed by atoms with Crippen LogP contribution < -0.4 is 27.8 Å². The van der Waals surface area contributed by atoms with Crippen LogP contribution in [0.3, 0.4) is 0 Å². The first kappa shape index (κ1) is 60.3. The van der Waals surface area contributed by atoms with Crippen molar-refractivity contribution in [3.8, 4) is 0 Å². The summed E-state index contributed by atoms with van der Waals surface area (Å²) in [7, 11) is -2.30. The molecule has 10 N–H and O–H groups in total. The van der Waals surface area contributed by atoms with Crippen LogP contribution in [-0.4, -0.2) is 151 Å². The van der Waals surface area contributed by atoms with E-state index in [9.17, 15) is 18.8 Å². The third-order valence-corrected chi connectivity index (χ3v) is 15.1. The van der Waals surface area contributed by atoms with Crippen molar-refractivity contribution in [3.63, 3.8) is 0 Å². The molecule has 5 rings (SSSR count). The van der Waals surface area contributed by atoms with Gasteiger partial charge in [0.25, 0.3) is 0 Å². The summed E-state index contributed by atoms with van der Waals surface area (Å²) in [5.41, 5.74) is 18.5. The van der Waals surface area contributed by atoms with E-state index in [2.05, 4.69) is 57.0 Å². The number of imidazole rings is 1. The van der Waals surface area contributed by atoms with Crippen LogP contribution in [0.4, 0.5) is 5.82 Å². The summed E-state index contributed by atoms with van der Waals surface area (Å²) in [6.45, 7) is 0.159. The van der Waals surface area contributed by atoms with Gasteiger partial charge in [0.05, 0.1) is 66.2 Å². The second kappa shape index (κ2) is 29.7. The number of aromatic nitrogens is 4. The molecule has 0 spiro atoms. The molecule has 0 aromatic carbocycles. The molecule has 0 aliphatic carbocycles. The molecule has 4 unspecified atom stereocenters. The molecule has 3 saturated heterocycles. The first-order valence-electron chi connectivity index (χ1n) is 23.4. The van der Waals surface area contributed by atoms with Gasteiger partial charge in [0.2, 0.25) is 5.91 Å². The smallest absolute Gasteiger partial charge is 0.384 e. The van der Waals surface area contributed by atoms with E-state index in [0.29, 0.717) is 23.2 Å². The first-order chi connectivity index (χ1) is 34.4. The number of amidine groups is 1. The molecule has 2 aromatic heterocycles. The van der Waals surface area contributed by atoms with Crippen LogP contribution in [0.25, 0.3) is 11.2 Å². The third kappa shape index (κ3) is 17.8. The zero-order valence-electron chi connectivity index (χ0n) is 40.9. The zero-order valence-corrected chi connectivity index (χ0v) is 45.5. The van der Waals surface area contributed by atoms with Crippen molar-refractivity contribution in [2.45, 2.75) is 140 Å². The molecule has 31 heteroatoms. The van der Waals surface area contributed by atoms with Crippen molar-refractivity contribution in [2.24, 2.45) is 11.5 Å². The number of carbonyl (C=O) groups is 1. The van der Waals surface area contributed by atoms with Gasteiger partial charge in [0.1, 0.15) is 60.5 Å². The number of phosphoric ester groups is 1. The summed E-state index contributed by atoms with van der Waals surface area (Å²) in [6.07, 6.45) is 1.64. The number of hydrogen-bond acceptors (Lipinski definition) is 23. The van der Waals surface area contributed by atoms with Crippen molar-refractivity contribution in [1.29, 1.82) is 5.41 Å². The summed E-state index contributed by atoms with van der Waals surface area (Å²) in [4.78, 5) is 35.9. The monoisotopic (exact) mass is 1120 g/mol. The van der Waals surface area contributed by atoms with E-state index in [1.807, 2.05) is 0 Å². The minimum Gasteiger partial charge on any atom is -0.384 e. The number of phosphoric acid groups is 1. The molecule has 2 aromatic rings. The highest BCUT2D eigenvalue weighted by Gasteiger charge is 2.52. The highest BCUT2D eigenvalue weighted by molar-refractivity contribution is 8.44. The number of nitrogens with one attached hydrogen (secondary N) is 3. The summed E-state index contributed by atoms with van der Waals surface area (Å²) < 4.78 is 101. The summed E-state index contributed by atoms with van der Waals surface area (Å²) in [5.74, 6) is -0.710. The van der Waals surface area contributed by atoms with Gasteiger partial charge in [-0.15, -0.1) is 12.2 Å². The molecule has 1 amide bonds. The standard InChI is InChI=1S/C41H71N10O16P3S2/c1-6-7-8-9-10-11-12-26-27(17-30(62-26)51-23-50-31-37(44)48-22-49-39(31)51)66-69(53,54)60-20-29-33(35(59-16-14-57-5)41(64-29)46-18-24(2)36(42)43)67-70(55,72)61-21-28-32(65-68-71)34(58-15-13-56-4)40(63-28)47-19-25(3)38(45)52/h18-19,22-23,26-30,32-35,40-41,46-47,68,71H,6-17,20-21H2,1-5H3,(H3,42,43)(H2,45,52)(H,53,54)(H,55,72)(H2,44,48,49)/b24-18-,25-19-/t26-,27?,28-,29-,30-,32+,33+,34+,35+,40-,41-,70?/m1/s1. The lowest BCUT2D eigenvalue weighted by Gasteiger charge is -2.28. The number of rotatable bonds is 34. The second-order valence-corrected chi connectivity index (χ2v) is 22.3. The zero-order chi connectivity index (χ0) is 52.4. The maximum absolute atomic E-state index is 14.4. The molecule has 14 atom stereocenters. The quantitative estimate of drug-likeness (QED) is 0.0119. The summed E-state index contributed by atoms with van der Waals surface area (Å²) in [6, 6.07) is 0. The molecule has 0 bridgehead atoms. The maximum atomic E-state index is 14.4. The number of thiol groups is 2. The number of anilines is 1. The Morgan fingerprint density at radius 1 is 0.875 bits per heavy atom. The van der Waals surface area contributed by atoms with Crippen LogP contribution in [0.1, 0.15) is 78.4 Å². The first-order valence-corrected chi connectivity index (χ1v) is 29.8. The molecule has 0 saturated carbocycles. The Bertz CT molecular complexity index is 2210. The minimum absolute atomic E-state index is 0.0134. The highest BCUT2D eigenvalue weighted by atomic mass is 32.7. The Kier molecular flexibility index (Phi) is 24.8. The molecule has 0 radical (unpaired) electrons. The van der Waals surface area contributed by atoms with Crippen LogP contribution >= 0.6 is 47.1 Å². The van der Waals surface area contributed by atoms with Crippen molar-refractivity contribution >= 4 is 75.9 Å². The molecular formula is C41H71N10O16P3S2. The van der Waals surface area contributed by atoms with Crippen molar-refractivity contribution < 1.29 is 74.6 Å². The Morgan fingerprint density at radius 3 is 2.11 bits per heavy atom. The summed E-state index contributed by atoms with van der Waals surface area (Å²) in [5, 5.41) is 13.8. The lowest BCUT2D eigenvalue weighted by atomic mass is 10.0. The number of nitrogens with zero attached hydrogens (tertiary/aromatic N) is 4. The van der Waals surface area contributed by atoms with E-state index in [0.717, 1.165) is 38.5 Å². The molecule has 5 heterocycles. The molecular weight excluding hydrogens is 1050 g/mol. The molecule has 3 aliphatic rings. The Balaban J connectivity index is 1.36. The molecule has 3 aliphatic heterocycles. The number of unbranched alkanes of at least 4 members (excludes halogenated alkanes) is 5. The number of primary amides is 1. The van der Waals surface area contributed by atoms with E-state index in [4.69, 9.17) is 78.4 Å². The average Bonchev–Trinajstić information content (AvgIpc) is 4.11. The summed E-state index contributed by atoms with van der Waals surface area (Å²) >= 11 is 8.61. The van der Waals surface area contributed by atoms with Crippen LogP contribution in [0.5, 0.6) is 0 Å². The van der Waals surface area contributed by atoms with Gasteiger partial charge >= 0.3 is 14.6 Å². The van der Waals surface area contributed by atoms with Crippen LogP contribution in [-0.2, 0) is 69.7 Å². The second-order valence-electron chi connectivity index (χ2n) is 17.0. The lowest BCUT2D eigenvalue weighted by Crippen LogP contribution is -2.43. The fourth-order valence-electron chi connectivity index (χ4n) is 7.95. The topological polar surface area (TPSA) is 352 Å². The molecule has 3 fully saturated rings. The lowest BCUT2D eigenvalue weighted by molar-refractivity contribution is -0.114. The number of fused-ring (bicyclic) bond motifs is 1. The van der Waals surface area contributed by atoms with Crippen LogP contribution in [0.15, 0.2) is 36.2 Å². The van der Waals surface area contributed by atoms with Crippen molar-refractivity contribution in [2.75, 3.05) is 59.6 Å². The number of ether oxygens (including phenoxy) is 7. The van der Waals surface area contributed by atoms with Gasteiger partial charge in [0.15, 0.2) is 23.9 Å². The van der Waals surface area contributed by atoms with Gasteiger partial charge in [-0.25, -0.2) is 24.1 Å². The molecule has 26 nitrogen and oxygen atoms in total. The SMILES string of the molecule is CCCCCCCC[C@H]1O[C@@H](n2cnc3c(N)ncnc32)CC1OP(=O)(O)OC[C@H]1O[C@@H](N/C=C(/C)C(=N)N)[C@@H](OCCOC)[C@H]1OP(=O)(S)OC[C@H]1O[C@@H](N/C=C(/C)C(N)=O)[C@@H](OCCOC)[C@H]1OPS. The van der Waals surface area contributed by atoms with Gasteiger partial charge in [0, 0.05) is 44.2 Å². The molecule has 408 valence electrons. The van der Waals surface area contributed by atoms with Crippen molar-refractivity contribution in [3.05, 3.63) is 36.2 Å². The van der Waals surface area contributed by atoms with E-state index >= 15 is 0 Å². The number of hydrogen-bond donors (Lipinski definition) is 9. The van der Waals surface area contributed by atoms with Crippen LogP contribution in [0, 0.1) is 5.41 Å². The van der Waals surface area contributed by atoms with Crippen LogP contribution in [0.2, 0.25) is 0 Å². The van der Waals surface area contributed by atoms with Gasteiger partial charge in [-0.2, -0.15) is 0 Å². The van der Waals surface area contributed by atoms with Crippen molar-refractivity contribution in [1.82, 2.24) is 30.2 Å². The minimum atomic E-state index is -4.95. The van der Waals surface area contributed by atoms with E-state index in [1.54, 1.807) is 11.5 Å². The average molecular weight is 1120 g/mol. The number of carbonyl (C=O) groups excluding carboxylic acids is 1. The Morgan fingerprint density at radius 2 is 1.49 bits per heavy atom. The Labute approximate surface area is 431 Å². The number of nitrogens with two attached hydrogens (primary N) is 3. The van der Waals surface area contributed by atoms with Gasteiger partial charge < -0.3 is 70.4 Å². The highest BCUT2D eigenvalue weighted by Crippen LogP contribution is 2.57.